The van der Waals surface area contributed by atoms with Crippen molar-refractivity contribution in [3.05, 3.63) is 53.1 Å². The molecule has 0 heterocycles. The zero-order chi connectivity index (χ0) is 14.5. The van der Waals surface area contributed by atoms with Gasteiger partial charge in [0, 0.05) is 5.56 Å². The van der Waals surface area contributed by atoms with E-state index in [0.717, 1.165) is 17.4 Å². The van der Waals surface area contributed by atoms with Crippen LogP contribution >= 0.6 is 0 Å². The normalized spacial score (nSPS) is 10.1. The first-order valence-electron chi connectivity index (χ1n) is 6.25. The second-order valence-electron chi connectivity index (χ2n) is 4.47. The molecule has 0 radical (unpaired) electrons. The number of benzene rings is 2. The van der Waals surface area contributed by atoms with Crippen LogP contribution in [0.4, 0.5) is 5.69 Å². The van der Waals surface area contributed by atoms with Crippen LogP contribution in [0, 0.1) is 6.92 Å². The first kappa shape index (κ1) is 13.9. The van der Waals surface area contributed by atoms with Gasteiger partial charge in [-0.05, 0) is 30.2 Å². The Balaban J connectivity index is 2.25. The summed E-state index contributed by atoms with van der Waals surface area (Å²) in [5, 5.41) is 0. The van der Waals surface area contributed by atoms with Gasteiger partial charge in [0.2, 0.25) is 0 Å². The summed E-state index contributed by atoms with van der Waals surface area (Å²) in [6.07, 6.45) is 0.726. The second-order valence-corrected chi connectivity index (χ2v) is 4.47. The SMILES string of the molecule is COc1cc(C=O)cc(N)c1OCc1ccccc1C. The maximum Gasteiger partial charge on any atom is 0.184 e. The van der Waals surface area contributed by atoms with Gasteiger partial charge in [-0.2, -0.15) is 0 Å². The zero-order valence-corrected chi connectivity index (χ0v) is 11.6. The molecule has 0 spiro atoms. The number of anilines is 1. The standard InChI is InChI=1S/C16H17NO3/c1-11-5-3-4-6-13(11)10-20-16-14(17)7-12(9-18)8-15(16)19-2/h3-9H,10,17H2,1-2H3. The fourth-order valence-electron chi connectivity index (χ4n) is 1.94. The Hall–Kier alpha value is -2.49. The quantitative estimate of drug-likeness (QED) is 0.671. The van der Waals surface area contributed by atoms with E-state index in [0.29, 0.717) is 29.4 Å². The van der Waals surface area contributed by atoms with Crippen molar-refractivity contribution < 1.29 is 14.3 Å². The maximum absolute atomic E-state index is 10.8. The average molecular weight is 271 g/mol. The van der Waals surface area contributed by atoms with Crippen molar-refractivity contribution in [2.75, 3.05) is 12.8 Å². The first-order chi connectivity index (χ1) is 9.65. The van der Waals surface area contributed by atoms with Gasteiger partial charge in [0.1, 0.15) is 12.9 Å². The Morgan fingerprint density at radius 3 is 2.65 bits per heavy atom. The molecule has 0 bridgehead atoms. The summed E-state index contributed by atoms with van der Waals surface area (Å²) in [6, 6.07) is 11.1. The zero-order valence-electron chi connectivity index (χ0n) is 11.6. The van der Waals surface area contributed by atoms with Crippen molar-refractivity contribution in [2.45, 2.75) is 13.5 Å². The summed E-state index contributed by atoms with van der Waals surface area (Å²) in [5.74, 6) is 0.919. The Kier molecular flexibility index (Phi) is 4.25. The molecule has 0 amide bonds. The lowest BCUT2D eigenvalue weighted by Gasteiger charge is -2.14. The van der Waals surface area contributed by atoms with Crippen LogP contribution < -0.4 is 15.2 Å². The molecule has 0 atom stereocenters. The second kappa shape index (κ2) is 6.10. The molecule has 0 fully saturated rings. The van der Waals surface area contributed by atoms with Crippen molar-refractivity contribution in [3.8, 4) is 11.5 Å². The summed E-state index contributed by atoms with van der Waals surface area (Å²) in [7, 11) is 1.52. The van der Waals surface area contributed by atoms with Gasteiger partial charge >= 0.3 is 0 Å². The van der Waals surface area contributed by atoms with Crippen LogP contribution in [-0.2, 0) is 6.61 Å². The lowest BCUT2D eigenvalue weighted by Crippen LogP contribution is -2.03. The smallest absolute Gasteiger partial charge is 0.184 e. The van der Waals surface area contributed by atoms with E-state index < -0.39 is 0 Å². The predicted octanol–water partition coefficient (Wildman–Crippen LogP) is 2.98. The largest absolute Gasteiger partial charge is 0.493 e. The molecule has 104 valence electrons. The number of rotatable bonds is 5. The lowest BCUT2D eigenvalue weighted by molar-refractivity contribution is 0.112. The van der Waals surface area contributed by atoms with Gasteiger partial charge in [-0.25, -0.2) is 0 Å². The van der Waals surface area contributed by atoms with E-state index in [4.69, 9.17) is 15.2 Å². The molecule has 4 heteroatoms. The number of hydrogen-bond donors (Lipinski definition) is 1. The molecule has 0 saturated carbocycles. The van der Waals surface area contributed by atoms with E-state index in [1.807, 2.05) is 31.2 Å². The number of carbonyl (C=O) groups is 1. The van der Waals surface area contributed by atoms with Crippen LogP contribution in [0.15, 0.2) is 36.4 Å². The molecular formula is C16H17NO3. The average Bonchev–Trinajstić information content (AvgIpc) is 2.46. The Morgan fingerprint density at radius 1 is 1.25 bits per heavy atom. The number of nitrogen functional groups attached to an aromatic ring is 1. The number of hydrogen-bond acceptors (Lipinski definition) is 4. The van der Waals surface area contributed by atoms with Crippen LogP contribution in [-0.4, -0.2) is 13.4 Å². The van der Waals surface area contributed by atoms with Crippen LogP contribution in [0.5, 0.6) is 11.5 Å². The highest BCUT2D eigenvalue weighted by molar-refractivity contribution is 5.80. The summed E-state index contributed by atoms with van der Waals surface area (Å²) in [6.45, 7) is 2.42. The number of nitrogens with two attached hydrogens (primary N) is 1. The Morgan fingerprint density at radius 2 is 2.00 bits per heavy atom. The van der Waals surface area contributed by atoms with Crippen LogP contribution in [0.2, 0.25) is 0 Å². The third kappa shape index (κ3) is 2.91. The minimum atomic E-state index is 0.389. The maximum atomic E-state index is 10.8. The molecular weight excluding hydrogens is 254 g/mol. The predicted molar refractivity (Wildman–Crippen MR) is 78.3 cm³/mol. The van der Waals surface area contributed by atoms with E-state index in [9.17, 15) is 4.79 Å². The Labute approximate surface area is 118 Å². The molecule has 0 aliphatic rings. The van der Waals surface area contributed by atoms with Gasteiger partial charge in [-0.15, -0.1) is 0 Å². The van der Waals surface area contributed by atoms with Gasteiger partial charge in [-0.3, -0.25) is 4.79 Å². The van der Waals surface area contributed by atoms with E-state index in [1.54, 1.807) is 12.1 Å². The minimum absolute atomic E-state index is 0.389. The fourth-order valence-corrected chi connectivity index (χ4v) is 1.94. The fraction of sp³-hybridized carbons (Fsp3) is 0.188. The molecule has 4 nitrogen and oxygen atoms in total. The molecule has 0 saturated heterocycles. The topological polar surface area (TPSA) is 61.5 Å². The van der Waals surface area contributed by atoms with Crippen molar-refractivity contribution in [1.82, 2.24) is 0 Å². The third-order valence-electron chi connectivity index (χ3n) is 3.10. The number of ether oxygens (including phenoxy) is 2. The van der Waals surface area contributed by atoms with Gasteiger partial charge in [0.15, 0.2) is 11.5 Å². The molecule has 20 heavy (non-hydrogen) atoms. The van der Waals surface area contributed by atoms with Crippen LogP contribution in [0.25, 0.3) is 0 Å². The van der Waals surface area contributed by atoms with Gasteiger partial charge in [0.25, 0.3) is 0 Å². The van der Waals surface area contributed by atoms with Crippen molar-refractivity contribution >= 4 is 12.0 Å². The molecule has 0 aliphatic carbocycles. The molecule has 0 aromatic heterocycles. The van der Waals surface area contributed by atoms with Gasteiger partial charge in [0.05, 0.1) is 12.8 Å². The van der Waals surface area contributed by atoms with Crippen LogP contribution in [0.3, 0.4) is 0 Å². The molecule has 0 aliphatic heterocycles. The van der Waals surface area contributed by atoms with Crippen molar-refractivity contribution in [1.29, 1.82) is 0 Å². The third-order valence-corrected chi connectivity index (χ3v) is 3.10. The number of methoxy groups -OCH3 is 1. The summed E-state index contributed by atoms with van der Waals surface area (Å²) in [4.78, 5) is 10.8. The highest BCUT2D eigenvalue weighted by Gasteiger charge is 2.11. The van der Waals surface area contributed by atoms with E-state index in [1.165, 1.54) is 7.11 Å². The monoisotopic (exact) mass is 271 g/mol. The number of carbonyl (C=O) groups excluding carboxylic acids is 1. The highest BCUT2D eigenvalue weighted by atomic mass is 16.5. The highest BCUT2D eigenvalue weighted by Crippen LogP contribution is 2.35. The molecule has 2 rings (SSSR count). The molecule has 2 aromatic rings. The number of aldehydes is 1. The van der Waals surface area contributed by atoms with Gasteiger partial charge in [-0.1, -0.05) is 24.3 Å². The van der Waals surface area contributed by atoms with E-state index in [2.05, 4.69) is 0 Å². The first-order valence-corrected chi connectivity index (χ1v) is 6.25. The summed E-state index contributed by atoms with van der Waals surface area (Å²) in [5.41, 5.74) is 8.99. The van der Waals surface area contributed by atoms with Gasteiger partial charge < -0.3 is 15.2 Å². The Bertz CT molecular complexity index is 623. The van der Waals surface area contributed by atoms with E-state index in [-0.39, 0.29) is 0 Å². The van der Waals surface area contributed by atoms with E-state index >= 15 is 0 Å². The molecule has 0 unspecified atom stereocenters. The molecule has 2 N–H and O–H groups in total. The number of aryl methyl sites for hydroxylation is 1. The van der Waals surface area contributed by atoms with Crippen LogP contribution in [0.1, 0.15) is 21.5 Å². The summed E-state index contributed by atoms with van der Waals surface area (Å²) >= 11 is 0. The summed E-state index contributed by atoms with van der Waals surface area (Å²) < 4.78 is 11.0. The lowest BCUT2D eigenvalue weighted by atomic mass is 10.1. The minimum Gasteiger partial charge on any atom is -0.493 e. The van der Waals surface area contributed by atoms with Crippen molar-refractivity contribution in [3.63, 3.8) is 0 Å². The van der Waals surface area contributed by atoms with Crippen molar-refractivity contribution in [2.24, 2.45) is 0 Å². The molecule has 2 aromatic carbocycles.